The largest absolute Gasteiger partial charge is 0.339 e. The molecule has 0 atom stereocenters. The van der Waals surface area contributed by atoms with Gasteiger partial charge in [-0.05, 0) is 6.92 Å². The fourth-order valence-electron chi connectivity index (χ4n) is 1.63. The average molecular weight is 225 g/mol. The molecule has 2 rings (SSSR count). The third kappa shape index (κ3) is 2.53. The molecule has 0 N–H and O–H groups in total. The fraction of sp³-hybridized carbons (Fsp3) is 0.600. The van der Waals surface area contributed by atoms with E-state index in [2.05, 4.69) is 4.98 Å². The third-order valence-corrected chi connectivity index (χ3v) is 3.54. The van der Waals surface area contributed by atoms with E-state index in [1.807, 2.05) is 34.3 Å². The second-order valence-electron chi connectivity index (χ2n) is 3.60. The summed E-state index contributed by atoms with van der Waals surface area (Å²) in [5.74, 6) is 3.23. The molecule has 15 heavy (non-hydrogen) atoms. The van der Waals surface area contributed by atoms with Gasteiger partial charge in [-0.15, -0.1) is 0 Å². The average Bonchev–Trinajstić information content (AvgIpc) is 2.66. The highest BCUT2D eigenvalue weighted by Gasteiger charge is 2.17. The van der Waals surface area contributed by atoms with Crippen LogP contribution in [0.15, 0.2) is 12.4 Å². The predicted octanol–water partition coefficient (Wildman–Crippen LogP) is 0.767. The molecule has 0 aliphatic carbocycles. The first kappa shape index (κ1) is 10.5. The maximum absolute atomic E-state index is 11.9. The first-order chi connectivity index (χ1) is 7.27. The fourth-order valence-corrected chi connectivity index (χ4v) is 2.53. The van der Waals surface area contributed by atoms with Crippen molar-refractivity contribution in [1.29, 1.82) is 0 Å². The van der Waals surface area contributed by atoms with Gasteiger partial charge >= 0.3 is 0 Å². The number of thioether (sulfide) groups is 1. The summed E-state index contributed by atoms with van der Waals surface area (Å²) in [6.45, 7) is 4.12. The third-order valence-electron chi connectivity index (χ3n) is 2.59. The number of hydrogen-bond acceptors (Lipinski definition) is 3. The van der Waals surface area contributed by atoms with Crippen molar-refractivity contribution in [1.82, 2.24) is 14.5 Å². The molecule has 1 saturated heterocycles. The van der Waals surface area contributed by atoms with Crippen LogP contribution in [0, 0.1) is 6.92 Å². The number of aromatic nitrogens is 2. The van der Waals surface area contributed by atoms with Crippen LogP contribution in [0.2, 0.25) is 0 Å². The minimum absolute atomic E-state index is 0.205. The number of hydrogen-bond donors (Lipinski definition) is 0. The molecule has 0 saturated carbocycles. The van der Waals surface area contributed by atoms with Gasteiger partial charge in [-0.2, -0.15) is 11.8 Å². The van der Waals surface area contributed by atoms with Gasteiger partial charge in [-0.3, -0.25) is 4.79 Å². The maximum atomic E-state index is 11.9. The van der Waals surface area contributed by atoms with Gasteiger partial charge in [0.15, 0.2) is 0 Å². The molecule has 1 aromatic rings. The first-order valence-electron chi connectivity index (χ1n) is 5.10. The minimum atomic E-state index is 0.205. The normalized spacial score (nSPS) is 16.7. The van der Waals surface area contributed by atoms with Gasteiger partial charge in [0.25, 0.3) is 0 Å². The zero-order valence-corrected chi connectivity index (χ0v) is 9.66. The molecule has 2 heterocycles. The van der Waals surface area contributed by atoms with Crippen LogP contribution < -0.4 is 0 Å². The van der Waals surface area contributed by atoms with E-state index in [1.165, 1.54) is 0 Å². The smallest absolute Gasteiger partial charge is 0.242 e. The lowest BCUT2D eigenvalue weighted by Gasteiger charge is -2.26. The summed E-state index contributed by atoms with van der Waals surface area (Å²) in [7, 11) is 0. The van der Waals surface area contributed by atoms with Crippen LogP contribution in [-0.4, -0.2) is 45.0 Å². The predicted molar refractivity (Wildman–Crippen MR) is 60.9 cm³/mol. The van der Waals surface area contributed by atoms with Crippen LogP contribution in [-0.2, 0) is 11.3 Å². The molecule has 0 aromatic carbocycles. The Hall–Kier alpha value is -0.970. The zero-order chi connectivity index (χ0) is 10.7. The summed E-state index contributed by atoms with van der Waals surface area (Å²) in [5.41, 5.74) is 0. The van der Waals surface area contributed by atoms with Crippen LogP contribution in [0.25, 0.3) is 0 Å². The Morgan fingerprint density at radius 1 is 1.53 bits per heavy atom. The quantitative estimate of drug-likeness (QED) is 0.746. The number of imidazole rings is 1. The zero-order valence-electron chi connectivity index (χ0n) is 8.85. The lowest BCUT2D eigenvalue weighted by molar-refractivity contribution is -0.131. The van der Waals surface area contributed by atoms with Crippen molar-refractivity contribution >= 4 is 17.7 Å². The summed E-state index contributed by atoms with van der Waals surface area (Å²) in [6.07, 6.45) is 3.58. The summed E-state index contributed by atoms with van der Waals surface area (Å²) >= 11 is 1.91. The minimum Gasteiger partial charge on any atom is -0.339 e. The van der Waals surface area contributed by atoms with Crippen LogP contribution in [0.4, 0.5) is 0 Å². The van der Waals surface area contributed by atoms with E-state index in [0.29, 0.717) is 6.54 Å². The molecule has 1 aromatic heterocycles. The molecule has 0 unspecified atom stereocenters. The topological polar surface area (TPSA) is 38.1 Å². The molecule has 1 aliphatic heterocycles. The van der Waals surface area contributed by atoms with Crippen molar-refractivity contribution in [3.8, 4) is 0 Å². The summed E-state index contributed by atoms with van der Waals surface area (Å²) in [6, 6.07) is 0. The molecule has 0 spiro atoms. The molecule has 4 nitrogen and oxygen atoms in total. The number of carbonyl (C=O) groups excluding carboxylic acids is 1. The van der Waals surface area contributed by atoms with Crippen molar-refractivity contribution < 1.29 is 4.79 Å². The van der Waals surface area contributed by atoms with E-state index in [4.69, 9.17) is 0 Å². The maximum Gasteiger partial charge on any atom is 0.242 e. The van der Waals surface area contributed by atoms with Crippen molar-refractivity contribution in [3.63, 3.8) is 0 Å². The Balaban J connectivity index is 1.94. The van der Waals surface area contributed by atoms with Gasteiger partial charge in [0.1, 0.15) is 12.4 Å². The number of carbonyl (C=O) groups is 1. The van der Waals surface area contributed by atoms with E-state index in [0.717, 1.165) is 30.4 Å². The van der Waals surface area contributed by atoms with E-state index >= 15 is 0 Å². The Morgan fingerprint density at radius 3 is 2.87 bits per heavy atom. The molecule has 1 amide bonds. The highest BCUT2D eigenvalue weighted by molar-refractivity contribution is 7.99. The van der Waals surface area contributed by atoms with Crippen LogP contribution in [0.1, 0.15) is 5.82 Å². The molecule has 0 radical (unpaired) electrons. The number of rotatable bonds is 2. The summed E-state index contributed by atoms with van der Waals surface area (Å²) in [4.78, 5) is 17.9. The van der Waals surface area contributed by atoms with Gasteiger partial charge in [0.2, 0.25) is 5.91 Å². The van der Waals surface area contributed by atoms with E-state index < -0.39 is 0 Å². The summed E-state index contributed by atoms with van der Waals surface area (Å²) < 4.78 is 1.89. The standard InChI is InChI=1S/C10H15N3OS/c1-9-11-2-3-13(9)8-10(14)12-4-6-15-7-5-12/h2-3H,4-8H2,1H3. The molecule has 0 bridgehead atoms. The first-order valence-corrected chi connectivity index (χ1v) is 6.26. The number of aryl methyl sites for hydroxylation is 1. The molecular formula is C10H15N3OS. The number of nitrogens with zero attached hydrogens (tertiary/aromatic N) is 3. The second-order valence-corrected chi connectivity index (χ2v) is 4.82. The van der Waals surface area contributed by atoms with Gasteiger partial charge in [0.05, 0.1) is 0 Å². The molecular weight excluding hydrogens is 210 g/mol. The van der Waals surface area contributed by atoms with Crippen LogP contribution in [0.5, 0.6) is 0 Å². The lowest BCUT2D eigenvalue weighted by Crippen LogP contribution is -2.39. The Labute approximate surface area is 93.7 Å². The van der Waals surface area contributed by atoms with Crippen LogP contribution in [0.3, 0.4) is 0 Å². The van der Waals surface area contributed by atoms with Gasteiger partial charge in [-0.25, -0.2) is 4.98 Å². The van der Waals surface area contributed by atoms with Crippen molar-refractivity contribution in [3.05, 3.63) is 18.2 Å². The molecule has 82 valence electrons. The van der Waals surface area contributed by atoms with Gasteiger partial charge in [0, 0.05) is 37.0 Å². The molecule has 5 heteroatoms. The van der Waals surface area contributed by atoms with Gasteiger partial charge in [-0.1, -0.05) is 0 Å². The Bertz CT molecular complexity index is 344. The highest BCUT2D eigenvalue weighted by Crippen LogP contribution is 2.10. The number of amides is 1. The summed E-state index contributed by atoms with van der Waals surface area (Å²) in [5, 5.41) is 0. The van der Waals surface area contributed by atoms with Crippen molar-refractivity contribution in [2.45, 2.75) is 13.5 Å². The van der Waals surface area contributed by atoms with Crippen LogP contribution >= 0.6 is 11.8 Å². The lowest BCUT2D eigenvalue weighted by atomic mass is 10.4. The van der Waals surface area contributed by atoms with Gasteiger partial charge < -0.3 is 9.47 Å². The van der Waals surface area contributed by atoms with E-state index in [9.17, 15) is 4.79 Å². The Kier molecular flexibility index (Phi) is 3.30. The monoisotopic (exact) mass is 225 g/mol. The van der Waals surface area contributed by atoms with Crippen molar-refractivity contribution in [2.75, 3.05) is 24.6 Å². The SMILES string of the molecule is Cc1nccn1CC(=O)N1CCSCC1. The van der Waals surface area contributed by atoms with Crippen molar-refractivity contribution in [2.24, 2.45) is 0 Å². The van der Waals surface area contributed by atoms with E-state index in [1.54, 1.807) is 6.20 Å². The Morgan fingerprint density at radius 2 is 2.27 bits per heavy atom. The highest BCUT2D eigenvalue weighted by atomic mass is 32.2. The van der Waals surface area contributed by atoms with E-state index in [-0.39, 0.29) is 5.91 Å². The second kappa shape index (κ2) is 4.70. The molecule has 1 aliphatic rings. The molecule has 1 fully saturated rings.